The molecule has 0 aliphatic carbocycles. The van der Waals surface area contributed by atoms with Gasteiger partial charge in [0.25, 0.3) is 5.69 Å². The number of thiol groups is 1. The zero-order chi connectivity index (χ0) is 17.8. The molecule has 0 saturated heterocycles. The van der Waals surface area contributed by atoms with Crippen LogP contribution >= 0.6 is 12.6 Å². The van der Waals surface area contributed by atoms with Gasteiger partial charge in [-0.15, -0.1) is 0 Å². The lowest BCUT2D eigenvalue weighted by molar-refractivity contribution is -0.384. The molecule has 0 atom stereocenters. The maximum Gasteiger partial charge on any atom is 0.277 e. The summed E-state index contributed by atoms with van der Waals surface area (Å²) < 4.78 is 0. The zero-order valence-electron chi connectivity index (χ0n) is 13.3. The fraction of sp³-hybridized carbons (Fsp3) is 0.0500. The Bertz CT molecular complexity index is 924. The minimum atomic E-state index is -0.413. The number of carbonyl (C=O) groups is 1. The molecule has 4 nitrogen and oxygen atoms in total. The zero-order valence-corrected chi connectivity index (χ0v) is 14.1. The lowest BCUT2D eigenvalue weighted by Crippen LogP contribution is -2.06. The lowest BCUT2D eigenvalue weighted by atomic mass is 9.88. The quantitative estimate of drug-likeness (QED) is 0.304. The first kappa shape index (κ1) is 16.9. The second-order valence-electron chi connectivity index (χ2n) is 5.45. The summed E-state index contributed by atoms with van der Waals surface area (Å²) >= 11 is 4.09. The van der Waals surface area contributed by atoms with Crippen LogP contribution in [0.15, 0.2) is 72.8 Å². The van der Waals surface area contributed by atoms with Gasteiger partial charge in [-0.3, -0.25) is 14.9 Å². The fourth-order valence-corrected chi connectivity index (χ4v) is 3.03. The summed E-state index contributed by atoms with van der Waals surface area (Å²) in [6.07, 6.45) is 0. The van der Waals surface area contributed by atoms with Crippen molar-refractivity contribution in [3.63, 3.8) is 0 Å². The molecule has 0 N–H and O–H groups in total. The molecule has 0 bridgehead atoms. The average Bonchev–Trinajstić information content (AvgIpc) is 2.67. The Morgan fingerprint density at radius 1 is 0.840 bits per heavy atom. The van der Waals surface area contributed by atoms with Crippen LogP contribution in [0.3, 0.4) is 0 Å². The van der Waals surface area contributed by atoms with Gasteiger partial charge in [-0.25, -0.2) is 0 Å². The number of benzene rings is 3. The van der Waals surface area contributed by atoms with Crippen LogP contribution in [-0.2, 0) is 0 Å². The molecule has 0 spiro atoms. The van der Waals surface area contributed by atoms with Crippen molar-refractivity contribution >= 4 is 24.1 Å². The molecule has 0 saturated carbocycles. The van der Waals surface area contributed by atoms with E-state index < -0.39 is 4.92 Å². The molecule has 3 aromatic carbocycles. The maximum atomic E-state index is 12.4. The minimum absolute atomic E-state index is 0.0271. The highest BCUT2D eigenvalue weighted by atomic mass is 32.1. The Labute approximate surface area is 150 Å². The number of nitro groups is 1. The van der Waals surface area contributed by atoms with Crippen LogP contribution in [0.2, 0.25) is 0 Å². The van der Waals surface area contributed by atoms with Gasteiger partial charge in [-0.05, 0) is 17.2 Å². The molecule has 0 amide bonds. The Morgan fingerprint density at radius 3 is 1.84 bits per heavy atom. The molecule has 3 aromatic rings. The van der Waals surface area contributed by atoms with E-state index in [2.05, 4.69) is 12.6 Å². The van der Waals surface area contributed by atoms with E-state index >= 15 is 0 Å². The van der Waals surface area contributed by atoms with Crippen LogP contribution in [0.25, 0.3) is 22.3 Å². The van der Waals surface area contributed by atoms with E-state index in [-0.39, 0.29) is 17.2 Å². The Morgan fingerprint density at radius 2 is 1.36 bits per heavy atom. The first-order valence-corrected chi connectivity index (χ1v) is 8.33. The molecule has 0 radical (unpaired) electrons. The summed E-state index contributed by atoms with van der Waals surface area (Å²) in [6.45, 7) is 0. The molecule has 25 heavy (non-hydrogen) atoms. The minimum Gasteiger partial charge on any atom is -0.293 e. The topological polar surface area (TPSA) is 60.2 Å². The Hall–Kier alpha value is -2.92. The molecule has 0 aromatic heterocycles. The molecule has 124 valence electrons. The van der Waals surface area contributed by atoms with Gasteiger partial charge in [0, 0.05) is 17.2 Å². The van der Waals surface area contributed by atoms with Crippen LogP contribution < -0.4 is 0 Å². The average molecular weight is 349 g/mol. The monoisotopic (exact) mass is 349 g/mol. The molecular weight excluding hydrogens is 334 g/mol. The third-order valence-corrected chi connectivity index (χ3v) is 4.24. The van der Waals surface area contributed by atoms with Gasteiger partial charge < -0.3 is 0 Å². The van der Waals surface area contributed by atoms with E-state index in [4.69, 9.17) is 0 Å². The predicted octanol–water partition coefficient (Wildman–Crippen LogP) is 5.04. The van der Waals surface area contributed by atoms with E-state index in [0.717, 1.165) is 5.56 Å². The first-order valence-electron chi connectivity index (χ1n) is 7.69. The van der Waals surface area contributed by atoms with E-state index in [9.17, 15) is 14.9 Å². The van der Waals surface area contributed by atoms with Crippen LogP contribution in [0, 0.1) is 10.1 Å². The van der Waals surface area contributed by atoms with Crippen molar-refractivity contribution in [2.24, 2.45) is 0 Å². The van der Waals surface area contributed by atoms with Gasteiger partial charge in [0.1, 0.15) is 0 Å². The number of ketones is 1. The summed E-state index contributed by atoms with van der Waals surface area (Å²) in [4.78, 5) is 23.6. The SMILES string of the molecule is O=C(CS)c1ccc([N+](=O)[O-])c(-c2ccccc2)c1-c1ccccc1. The van der Waals surface area contributed by atoms with E-state index in [1.54, 1.807) is 0 Å². The fourth-order valence-electron chi connectivity index (χ4n) is 2.86. The molecule has 0 aliphatic heterocycles. The van der Waals surface area contributed by atoms with Crippen LogP contribution in [0.4, 0.5) is 5.69 Å². The molecule has 0 fully saturated rings. The standard InChI is InChI=1S/C20H15NO3S/c22-18(13-25)16-11-12-17(21(23)24)20(15-9-5-2-6-10-15)19(16)14-7-3-1-4-8-14/h1-12,25H,13H2. The third-order valence-electron chi connectivity index (χ3n) is 3.95. The third kappa shape index (κ3) is 3.32. The summed E-state index contributed by atoms with van der Waals surface area (Å²) in [5.41, 5.74) is 2.88. The summed E-state index contributed by atoms with van der Waals surface area (Å²) in [5.74, 6) is -0.138. The maximum absolute atomic E-state index is 12.4. The predicted molar refractivity (Wildman–Crippen MR) is 102 cm³/mol. The number of nitro benzene ring substituents is 1. The number of carbonyl (C=O) groups excluding carboxylic acids is 1. The van der Waals surface area contributed by atoms with Crippen LogP contribution in [-0.4, -0.2) is 16.5 Å². The Kier molecular flexibility index (Phi) is 4.95. The molecule has 3 rings (SSSR count). The second kappa shape index (κ2) is 7.32. The van der Waals surface area contributed by atoms with E-state index in [0.29, 0.717) is 22.3 Å². The number of hydrogen-bond acceptors (Lipinski definition) is 4. The van der Waals surface area contributed by atoms with Gasteiger partial charge in [-0.1, -0.05) is 60.7 Å². The number of Topliss-reactive ketones (excluding diaryl/α,β-unsaturated/α-hetero) is 1. The smallest absolute Gasteiger partial charge is 0.277 e. The highest BCUT2D eigenvalue weighted by Crippen LogP contribution is 2.41. The van der Waals surface area contributed by atoms with Gasteiger partial charge in [0.05, 0.1) is 16.2 Å². The molecule has 0 aliphatic rings. The van der Waals surface area contributed by atoms with E-state index in [1.807, 2.05) is 60.7 Å². The molecule has 5 heteroatoms. The van der Waals surface area contributed by atoms with Crippen molar-refractivity contribution in [1.29, 1.82) is 0 Å². The highest BCUT2D eigenvalue weighted by Gasteiger charge is 2.25. The van der Waals surface area contributed by atoms with Crippen molar-refractivity contribution in [2.75, 3.05) is 5.75 Å². The number of hydrogen-bond donors (Lipinski definition) is 1. The van der Waals surface area contributed by atoms with Crippen molar-refractivity contribution in [2.45, 2.75) is 0 Å². The van der Waals surface area contributed by atoms with Gasteiger partial charge in [-0.2, -0.15) is 12.6 Å². The van der Waals surface area contributed by atoms with Crippen molar-refractivity contribution < 1.29 is 9.72 Å². The van der Waals surface area contributed by atoms with Gasteiger partial charge in [0.15, 0.2) is 5.78 Å². The number of nitrogens with zero attached hydrogens (tertiary/aromatic N) is 1. The second-order valence-corrected chi connectivity index (χ2v) is 5.77. The van der Waals surface area contributed by atoms with Crippen molar-refractivity contribution in [3.8, 4) is 22.3 Å². The molecular formula is C20H15NO3S. The largest absolute Gasteiger partial charge is 0.293 e. The normalized spacial score (nSPS) is 10.4. The first-order chi connectivity index (χ1) is 12.1. The summed E-state index contributed by atoms with van der Waals surface area (Å²) in [7, 11) is 0. The molecule has 0 heterocycles. The van der Waals surface area contributed by atoms with Crippen molar-refractivity contribution in [1.82, 2.24) is 0 Å². The van der Waals surface area contributed by atoms with Gasteiger partial charge >= 0.3 is 0 Å². The summed E-state index contributed by atoms with van der Waals surface area (Å²) in [6, 6.07) is 21.3. The van der Waals surface area contributed by atoms with Crippen molar-refractivity contribution in [3.05, 3.63) is 88.5 Å². The van der Waals surface area contributed by atoms with E-state index in [1.165, 1.54) is 12.1 Å². The molecule has 0 unspecified atom stereocenters. The lowest BCUT2D eigenvalue weighted by Gasteiger charge is -2.15. The van der Waals surface area contributed by atoms with Gasteiger partial charge in [0.2, 0.25) is 0 Å². The summed E-state index contributed by atoms with van der Waals surface area (Å²) in [5, 5.41) is 11.6. The highest BCUT2D eigenvalue weighted by molar-refractivity contribution is 7.81. The Balaban J connectivity index is 2.44. The van der Waals surface area contributed by atoms with Crippen LogP contribution in [0.1, 0.15) is 10.4 Å². The van der Waals surface area contributed by atoms with Crippen LogP contribution in [0.5, 0.6) is 0 Å². The number of rotatable bonds is 5.